The fourth-order valence-electron chi connectivity index (χ4n) is 2.50. The van der Waals surface area contributed by atoms with Gasteiger partial charge in [0, 0.05) is 45.0 Å². The molecule has 1 aliphatic rings. The number of piperazine rings is 1. The number of nitrogens with zero attached hydrogens (tertiary/aromatic N) is 2. The molecule has 0 saturated carbocycles. The average Bonchev–Trinajstić information content (AvgIpc) is 2.47. The molecule has 0 bridgehead atoms. The summed E-state index contributed by atoms with van der Waals surface area (Å²) in [7, 11) is 0. The van der Waals surface area contributed by atoms with Crippen molar-refractivity contribution in [3.05, 3.63) is 29.8 Å². The fraction of sp³-hybridized carbons (Fsp3) is 0.533. The van der Waals surface area contributed by atoms with E-state index in [0.29, 0.717) is 5.69 Å². The highest BCUT2D eigenvalue weighted by molar-refractivity contribution is 7.80. The molecule has 0 unspecified atom stereocenters. The molecule has 1 aromatic rings. The maximum atomic E-state index is 12.8. The van der Waals surface area contributed by atoms with Crippen LogP contribution in [0.5, 0.6) is 0 Å². The van der Waals surface area contributed by atoms with Gasteiger partial charge < -0.3 is 10.2 Å². The molecule has 8 heteroatoms. The maximum Gasteiger partial charge on any atom is 0.416 e. The third kappa shape index (κ3) is 6.16. The molecule has 23 heavy (non-hydrogen) atoms. The standard InChI is InChI=1S/C15H20F3N3S.ClH/c1-12(22)19-5-6-20-7-9-21(10-8-20)14-4-2-3-13(11-14)15(16,17)18;/h2-4,11H,5-10H2,1H3,(H,19,22);1H. The number of hydrogen-bond acceptors (Lipinski definition) is 3. The smallest absolute Gasteiger partial charge is 0.379 e. The van der Waals surface area contributed by atoms with Crippen molar-refractivity contribution in [2.24, 2.45) is 0 Å². The second-order valence-corrected chi connectivity index (χ2v) is 5.97. The molecule has 0 radical (unpaired) electrons. The van der Waals surface area contributed by atoms with E-state index < -0.39 is 11.7 Å². The summed E-state index contributed by atoms with van der Waals surface area (Å²) < 4.78 is 38.3. The topological polar surface area (TPSA) is 18.5 Å². The number of benzene rings is 1. The van der Waals surface area contributed by atoms with E-state index in [1.165, 1.54) is 12.1 Å². The molecular weight excluding hydrogens is 347 g/mol. The van der Waals surface area contributed by atoms with Crippen molar-refractivity contribution in [2.75, 3.05) is 44.2 Å². The van der Waals surface area contributed by atoms with Gasteiger partial charge in [-0.2, -0.15) is 13.2 Å². The highest BCUT2D eigenvalue weighted by Gasteiger charge is 2.31. The van der Waals surface area contributed by atoms with E-state index in [-0.39, 0.29) is 12.4 Å². The number of thiocarbonyl (C=S) groups is 1. The van der Waals surface area contributed by atoms with Crippen molar-refractivity contribution < 1.29 is 13.2 Å². The molecule has 1 saturated heterocycles. The number of rotatable bonds is 4. The van der Waals surface area contributed by atoms with Crippen LogP contribution in [0.25, 0.3) is 0 Å². The third-order valence-electron chi connectivity index (χ3n) is 3.71. The largest absolute Gasteiger partial charge is 0.416 e. The van der Waals surface area contributed by atoms with Crippen molar-refractivity contribution in [1.29, 1.82) is 0 Å². The minimum atomic E-state index is -4.29. The minimum absolute atomic E-state index is 0. The maximum absolute atomic E-state index is 12.8. The number of halogens is 4. The second-order valence-electron chi connectivity index (χ2n) is 5.36. The first-order valence-corrected chi connectivity index (χ1v) is 7.66. The van der Waals surface area contributed by atoms with E-state index in [9.17, 15) is 13.2 Å². The summed E-state index contributed by atoms with van der Waals surface area (Å²) in [5, 5.41) is 3.11. The summed E-state index contributed by atoms with van der Waals surface area (Å²) in [5.74, 6) is 0. The van der Waals surface area contributed by atoms with E-state index in [1.54, 1.807) is 6.07 Å². The zero-order valence-corrected chi connectivity index (χ0v) is 14.5. The van der Waals surface area contributed by atoms with Crippen LogP contribution in [-0.4, -0.2) is 49.2 Å². The van der Waals surface area contributed by atoms with Gasteiger partial charge in [-0.15, -0.1) is 12.4 Å². The Morgan fingerprint density at radius 3 is 2.43 bits per heavy atom. The van der Waals surface area contributed by atoms with Crippen LogP contribution in [0, 0.1) is 0 Å². The number of hydrogen-bond donors (Lipinski definition) is 1. The van der Waals surface area contributed by atoms with Gasteiger partial charge in [0.1, 0.15) is 0 Å². The van der Waals surface area contributed by atoms with E-state index in [2.05, 4.69) is 10.2 Å². The Hall–Kier alpha value is -1.05. The van der Waals surface area contributed by atoms with Crippen molar-refractivity contribution in [3.8, 4) is 0 Å². The third-order valence-corrected chi connectivity index (χ3v) is 3.86. The molecule has 130 valence electrons. The Balaban J connectivity index is 0.00000264. The Bertz CT molecular complexity index is 517. The molecule has 3 nitrogen and oxygen atoms in total. The molecule has 0 amide bonds. The lowest BCUT2D eigenvalue weighted by Crippen LogP contribution is -2.48. The zero-order chi connectivity index (χ0) is 16.2. The summed E-state index contributed by atoms with van der Waals surface area (Å²) in [5.41, 5.74) is 0.0513. The number of alkyl halides is 3. The van der Waals surface area contributed by atoms with Crippen LogP contribution in [0.3, 0.4) is 0 Å². The average molecular weight is 368 g/mol. The van der Waals surface area contributed by atoms with Crippen LogP contribution in [-0.2, 0) is 6.18 Å². The fourth-order valence-corrected chi connectivity index (χ4v) is 2.60. The lowest BCUT2D eigenvalue weighted by molar-refractivity contribution is -0.137. The van der Waals surface area contributed by atoms with Gasteiger partial charge in [-0.25, -0.2) is 0 Å². The highest BCUT2D eigenvalue weighted by Crippen LogP contribution is 2.31. The van der Waals surface area contributed by atoms with Crippen molar-refractivity contribution >= 4 is 35.3 Å². The van der Waals surface area contributed by atoms with Crippen LogP contribution in [0.2, 0.25) is 0 Å². The molecule has 0 aliphatic carbocycles. The number of anilines is 1. The summed E-state index contributed by atoms with van der Waals surface area (Å²) in [4.78, 5) is 5.07. The predicted molar refractivity (Wildman–Crippen MR) is 93.6 cm³/mol. The second kappa shape index (κ2) is 8.70. The summed E-state index contributed by atoms with van der Waals surface area (Å²) in [6.07, 6.45) is -4.29. The van der Waals surface area contributed by atoms with Gasteiger partial charge >= 0.3 is 6.18 Å². The van der Waals surface area contributed by atoms with Gasteiger partial charge in [-0.05, 0) is 25.1 Å². The molecule has 1 N–H and O–H groups in total. The van der Waals surface area contributed by atoms with Crippen LogP contribution < -0.4 is 10.2 Å². The van der Waals surface area contributed by atoms with Gasteiger partial charge in [0.2, 0.25) is 0 Å². The molecule has 0 aromatic heterocycles. The normalized spacial score (nSPS) is 15.9. The van der Waals surface area contributed by atoms with Gasteiger partial charge in [-0.1, -0.05) is 18.3 Å². The Morgan fingerprint density at radius 1 is 1.22 bits per heavy atom. The Kier molecular flexibility index (Phi) is 7.57. The van der Waals surface area contributed by atoms with Gasteiger partial charge in [0.25, 0.3) is 0 Å². The molecule has 1 fully saturated rings. The van der Waals surface area contributed by atoms with Crippen molar-refractivity contribution in [1.82, 2.24) is 10.2 Å². The Labute approximate surface area is 146 Å². The Morgan fingerprint density at radius 2 is 1.87 bits per heavy atom. The first kappa shape index (κ1) is 20.0. The van der Waals surface area contributed by atoms with E-state index >= 15 is 0 Å². The van der Waals surface area contributed by atoms with E-state index in [0.717, 1.165) is 50.3 Å². The van der Waals surface area contributed by atoms with Crippen LogP contribution >= 0.6 is 24.6 Å². The van der Waals surface area contributed by atoms with Crippen LogP contribution in [0.1, 0.15) is 12.5 Å². The minimum Gasteiger partial charge on any atom is -0.379 e. The summed E-state index contributed by atoms with van der Waals surface area (Å²) in [6, 6.07) is 5.55. The molecule has 0 spiro atoms. The first-order chi connectivity index (χ1) is 10.4. The number of nitrogens with one attached hydrogen (secondary N) is 1. The zero-order valence-electron chi connectivity index (χ0n) is 12.9. The van der Waals surface area contributed by atoms with Crippen molar-refractivity contribution in [2.45, 2.75) is 13.1 Å². The lowest BCUT2D eigenvalue weighted by Gasteiger charge is -2.36. The molecule has 2 rings (SSSR count). The first-order valence-electron chi connectivity index (χ1n) is 7.25. The molecular formula is C15H21ClF3N3S. The molecule has 1 aromatic carbocycles. The van der Waals surface area contributed by atoms with Crippen LogP contribution in [0.15, 0.2) is 24.3 Å². The van der Waals surface area contributed by atoms with Gasteiger partial charge in [-0.3, -0.25) is 4.90 Å². The summed E-state index contributed by atoms with van der Waals surface area (Å²) in [6.45, 7) is 6.70. The monoisotopic (exact) mass is 367 g/mol. The van der Waals surface area contributed by atoms with Crippen molar-refractivity contribution in [3.63, 3.8) is 0 Å². The van der Waals surface area contributed by atoms with E-state index in [1.807, 2.05) is 11.8 Å². The molecule has 1 aliphatic heterocycles. The molecule has 1 heterocycles. The predicted octanol–water partition coefficient (Wildman–Crippen LogP) is 3.19. The SMILES string of the molecule is CC(=S)NCCN1CCN(c2cccc(C(F)(F)F)c2)CC1.Cl. The summed E-state index contributed by atoms with van der Waals surface area (Å²) >= 11 is 4.96. The lowest BCUT2D eigenvalue weighted by atomic mass is 10.1. The van der Waals surface area contributed by atoms with Gasteiger partial charge in [0.05, 0.1) is 10.6 Å². The molecule has 0 atom stereocenters. The highest BCUT2D eigenvalue weighted by atomic mass is 35.5. The quantitative estimate of drug-likeness (QED) is 0.823. The van der Waals surface area contributed by atoms with Crippen LogP contribution in [0.4, 0.5) is 18.9 Å². The van der Waals surface area contributed by atoms with Gasteiger partial charge in [0.15, 0.2) is 0 Å². The van der Waals surface area contributed by atoms with E-state index in [4.69, 9.17) is 12.2 Å².